The Bertz CT molecular complexity index is 954. The smallest absolute Gasteiger partial charge is 0.331 e. The Labute approximate surface area is 172 Å². The summed E-state index contributed by atoms with van der Waals surface area (Å²) in [5, 5.41) is 5.20. The lowest BCUT2D eigenvalue weighted by Crippen LogP contribution is -2.29. The predicted octanol–water partition coefficient (Wildman–Crippen LogP) is 4.31. The van der Waals surface area contributed by atoms with Crippen LogP contribution in [0.25, 0.3) is 6.08 Å². The molecule has 1 unspecified atom stereocenters. The van der Waals surface area contributed by atoms with Crippen molar-refractivity contribution in [3.63, 3.8) is 0 Å². The summed E-state index contributed by atoms with van der Waals surface area (Å²) in [6, 6.07) is 16.9. The van der Waals surface area contributed by atoms with Gasteiger partial charge in [-0.15, -0.1) is 11.3 Å². The molecule has 0 radical (unpaired) electrons. The number of anilines is 1. The molecular weight excluding hydrogens is 388 g/mol. The summed E-state index contributed by atoms with van der Waals surface area (Å²) in [5.41, 5.74) is 1.66. The van der Waals surface area contributed by atoms with Crippen LogP contribution in [0, 0.1) is 0 Å². The van der Waals surface area contributed by atoms with E-state index >= 15 is 0 Å². The van der Waals surface area contributed by atoms with E-state index in [1.54, 1.807) is 41.9 Å². The summed E-state index contributed by atoms with van der Waals surface area (Å²) in [6.07, 6.45) is 3.51. The number of thiazole rings is 1. The third kappa shape index (κ3) is 6.58. The van der Waals surface area contributed by atoms with Crippen molar-refractivity contribution in [1.29, 1.82) is 0 Å². The Hall–Kier alpha value is -3.45. The van der Waals surface area contributed by atoms with E-state index < -0.39 is 18.0 Å². The largest absolute Gasteiger partial charge is 0.489 e. The molecule has 6 nitrogen and oxygen atoms in total. The molecule has 1 amide bonds. The number of esters is 1. The standard InChI is InChI=1S/C22H20N2O4S/c1-16(28-21(25)12-11-20-23-13-14-29-20)22(26)24-18-7-9-19(10-8-18)27-15-17-5-3-2-4-6-17/h2-14,16H,15H2,1H3,(H,24,26). The predicted molar refractivity (Wildman–Crippen MR) is 113 cm³/mol. The average Bonchev–Trinajstić information content (AvgIpc) is 3.26. The lowest BCUT2D eigenvalue weighted by Gasteiger charge is -2.13. The number of carbonyl (C=O) groups is 2. The van der Waals surface area contributed by atoms with Crippen molar-refractivity contribution in [1.82, 2.24) is 4.98 Å². The van der Waals surface area contributed by atoms with Crippen LogP contribution in [0.15, 0.2) is 72.3 Å². The number of nitrogens with zero attached hydrogens (tertiary/aromatic N) is 1. The summed E-state index contributed by atoms with van der Waals surface area (Å²) >= 11 is 1.40. The average molecular weight is 408 g/mol. The SMILES string of the molecule is CC(OC(=O)C=Cc1nccs1)C(=O)Nc1ccc(OCc2ccccc2)cc1. The molecule has 148 valence electrons. The minimum Gasteiger partial charge on any atom is -0.489 e. The van der Waals surface area contributed by atoms with Gasteiger partial charge in [0, 0.05) is 23.3 Å². The number of aromatic nitrogens is 1. The van der Waals surface area contributed by atoms with Crippen molar-refractivity contribution in [2.75, 3.05) is 5.32 Å². The highest BCUT2D eigenvalue weighted by Gasteiger charge is 2.16. The minimum atomic E-state index is -0.933. The van der Waals surface area contributed by atoms with Gasteiger partial charge in [0.2, 0.25) is 0 Å². The Morgan fingerprint density at radius 3 is 2.59 bits per heavy atom. The first kappa shape index (κ1) is 20.3. The van der Waals surface area contributed by atoms with Gasteiger partial charge in [0.1, 0.15) is 17.4 Å². The summed E-state index contributed by atoms with van der Waals surface area (Å²) in [4.78, 5) is 28.1. The van der Waals surface area contributed by atoms with Crippen LogP contribution in [-0.4, -0.2) is 23.0 Å². The van der Waals surface area contributed by atoms with Gasteiger partial charge in [0.05, 0.1) is 0 Å². The van der Waals surface area contributed by atoms with Crippen LogP contribution < -0.4 is 10.1 Å². The highest BCUT2D eigenvalue weighted by molar-refractivity contribution is 7.10. The van der Waals surface area contributed by atoms with Crippen LogP contribution in [0.1, 0.15) is 17.5 Å². The van der Waals surface area contributed by atoms with Crippen LogP contribution >= 0.6 is 11.3 Å². The number of carbonyl (C=O) groups excluding carboxylic acids is 2. The topological polar surface area (TPSA) is 77.5 Å². The van der Waals surface area contributed by atoms with Gasteiger partial charge in [-0.25, -0.2) is 9.78 Å². The third-order valence-corrected chi connectivity index (χ3v) is 4.59. The van der Waals surface area contributed by atoms with Crippen molar-refractivity contribution < 1.29 is 19.1 Å². The molecule has 0 saturated heterocycles. The Morgan fingerprint density at radius 1 is 1.14 bits per heavy atom. The van der Waals surface area contributed by atoms with E-state index in [0.29, 0.717) is 23.1 Å². The van der Waals surface area contributed by atoms with Crippen molar-refractivity contribution in [2.24, 2.45) is 0 Å². The van der Waals surface area contributed by atoms with Gasteiger partial charge in [-0.2, -0.15) is 0 Å². The molecule has 0 aliphatic heterocycles. The third-order valence-electron chi connectivity index (χ3n) is 3.85. The first-order chi connectivity index (χ1) is 14.1. The molecule has 0 saturated carbocycles. The maximum Gasteiger partial charge on any atom is 0.331 e. The number of rotatable bonds is 8. The van der Waals surface area contributed by atoms with Crippen LogP contribution in [0.3, 0.4) is 0 Å². The number of benzene rings is 2. The molecule has 3 rings (SSSR count). The molecule has 1 aromatic heterocycles. The maximum absolute atomic E-state index is 12.2. The molecule has 7 heteroatoms. The Balaban J connectivity index is 1.46. The van der Waals surface area contributed by atoms with Crippen molar-refractivity contribution in [3.05, 3.63) is 82.8 Å². The Kier molecular flexibility index (Phi) is 7.13. The maximum atomic E-state index is 12.2. The fraction of sp³-hybridized carbons (Fsp3) is 0.136. The molecule has 0 aliphatic carbocycles. The summed E-state index contributed by atoms with van der Waals surface area (Å²) in [5.74, 6) is -0.329. The monoisotopic (exact) mass is 408 g/mol. The summed E-state index contributed by atoms with van der Waals surface area (Å²) < 4.78 is 10.8. The second-order valence-electron chi connectivity index (χ2n) is 6.07. The van der Waals surface area contributed by atoms with Crippen LogP contribution in [0.5, 0.6) is 5.75 Å². The molecule has 0 bridgehead atoms. The lowest BCUT2D eigenvalue weighted by atomic mass is 10.2. The zero-order valence-corrected chi connectivity index (χ0v) is 16.6. The van der Waals surface area contributed by atoms with E-state index in [1.807, 2.05) is 30.3 Å². The highest BCUT2D eigenvalue weighted by Crippen LogP contribution is 2.17. The molecule has 0 aliphatic rings. The Morgan fingerprint density at radius 2 is 1.90 bits per heavy atom. The fourth-order valence-electron chi connectivity index (χ4n) is 2.34. The summed E-state index contributed by atoms with van der Waals surface area (Å²) in [6.45, 7) is 1.98. The van der Waals surface area contributed by atoms with E-state index in [2.05, 4.69) is 10.3 Å². The van der Waals surface area contributed by atoms with Gasteiger partial charge in [-0.3, -0.25) is 4.79 Å². The molecule has 0 fully saturated rings. The van der Waals surface area contributed by atoms with Crippen molar-refractivity contribution in [2.45, 2.75) is 19.6 Å². The van der Waals surface area contributed by atoms with Gasteiger partial charge < -0.3 is 14.8 Å². The zero-order valence-electron chi connectivity index (χ0n) is 15.8. The fourth-order valence-corrected chi connectivity index (χ4v) is 2.87. The quantitative estimate of drug-likeness (QED) is 0.444. The highest BCUT2D eigenvalue weighted by atomic mass is 32.1. The van der Waals surface area contributed by atoms with Gasteiger partial charge in [0.25, 0.3) is 5.91 Å². The zero-order chi connectivity index (χ0) is 20.5. The number of amides is 1. The molecule has 29 heavy (non-hydrogen) atoms. The van der Waals surface area contributed by atoms with Crippen LogP contribution in [0.2, 0.25) is 0 Å². The molecule has 1 N–H and O–H groups in total. The molecular formula is C22H20N2O4S. The van der Waals surface area contributed by atoms with Crippen LogP contribution in [0.4, 0.5) is 5.69 Å². The van der Waals surface area contributed by atoms with Crippen molar-refractivity contribution >= 4 is 35.0 Å². The second kappa shape index (κ2) is 10.2. The van der Waals surface area contributed by atoms with Crippen molar-refractivity contribution in [3.8, 4) is 5.75 Å². The number of hydrogen-bond acceptors (Lipinski definition) is 6. The lowest BCUT2D eigenvalue weighted by molar-refractivity contribution is -0.148. The van der Waals surface area contributed by atoms with E-state index in [4.69, 9.17) is 9.47 Å². The number of ether oxygens (including phenoxy) is 2. The first-order valence-corrected chi connectivity index (χ1v) is 9.84. The van der Waals surface area contributed by atoms with Gasteiger partial charge in [-0.05, 0) is 42.8 Å². The number of nitrogens with one attached hydrogen (secondary N) is 1. The molecule has 3 aromatic rings. The molecule has 1 heterocycles. The van der Waals surface area contributed by atoms with Crippen LogP contribution in [-0.2, 0) is 20.9 Å². The minimum absolute atomic E-state index is 0.418. The van der Waals surface area contributed by atoms with Gasteiger partial charge in [-0.1, -0.05) is 30.3 Å². The van der Waals surface area contributed by atoms with Gasteiger partial charge in [0.15, 0.2) is 6.10 Å². The van der Waals surface area contributed by atoms with Gasteiger partial charge >= 0.3 is 5.97 Å². The first-order valence-electron chi connectivity index (χ1n) is 8.96. The molecule has 0 spiro atoms. The normalized spacial score (nSPS) is 11.8. The summed E-state index contributed by atoms with van der Waals surface area (Å²) in [7, 11) is 0. The van der Waals surface area contributed by atoms with E-state index in [0.717, 1.165) is 5.56 Å². The second-order valence-corrected chi connectivity index (χ2v) is 7.00. The molecule has 2 aromatic carbocycles. The number of hydrogen-bond donors (Lipinski definition) is 1. The van der Waals surface area contributed by atoms with E-state index in [9.17, 15) is 9.59 Å². The van der Waals surface area contributed by atoms with E-state index in [1.165, 1.54) is 24.3 Å². The van der Waals surface area contributed by atoms with E-state index in [-0.39, 0.29) is 0 Å². The molecule has 1 atom stereocenters.